The molecule has 0 saturated heterocycles. The van der Waals surface area contributed by atoms with Crippen LogP contribution in [0.3, 0.4) is 0 Å². The van der Waals surface area contributed by atoms with Crippen LogP contribution in [0.4, 0.5) is 4.39 Å². The van der Waals surface area contributed by atoms with Crippen LogP contribution in [-0.2, 0) is 0 Å². The molecular formula is C17H9FN2O2. The molecule has 0 saturated carbocycles. The molecular weight excluding hydrogens is 283 g/mol. The fourth-order valence-corrected chi connectivity index (χ4v) is 1.96. The molecule has 0 amide bonds. The Labute approximate surface area is 124 Å². The van der Waals surface area contributed by atoms with E-state index in [9.17, 15) is 14.0 Å². The van der Waals surface area contributed by atoms with Gasteiger partial charge in [0.25, 0.3) is 5.56 Å². The highest BCUT2D eigenvalue weighted by Gasteiger charge is 2.03. The third-order valence-electron chi connectivity index (χ3n) is 3.04. The molecule has 0 atom stereocenters. The maximum Gasteiger partial charge on any atom is 0.268 e. The molecule has 0 bridgehead atoms. The van der Waals surface area contributed by atoms with Gasteiger partial charge >= 0.3 is 0 Å². The first-order valence-corrected chi connectivity index (χ1v) is 6.41. The highest BCUT2D eigenvalue weighted by molar-refractivity contribution is 5.74. The molecule has 0 radical (unpaired) electrons. The summed E-state index contributed by atoms with van der Waals surface area (Å²) in [5, 5.41) is 0. The van der Waals surface area contributed by atoms with Crippen LogP contribution in [0.15, 0.2) is 53.6 Å². The van der Waals surface area contributed by atoms with Crippen LogP contribution in [0.1, 0.15) is 21.5 Å². The molecule has 0 aliphatic heterocycles. The number of pyridine rings is 1. The maximum absolute atomic E-state index is 13.1. The molecule has 2 heterocycles. The minimum absolute atomic E-state index is 0.00362. The van der Waals surface area contributed by atoms with Crippen molar-refractivity contribution < 1.29 is 9.18 Å². The molecule has 3 aromatic rings. The van der Waals surface area contributed by atoms with Crippen molar-refractivity contribution in [2.45, 2.75) is 0 Å². The molecule has 22 heavy (non-hydrogen) atoms. The number of carbonyl (C=O) groups is 1. The third kappa shape index (κ3) is 2.63. The second-order valence-electron chi connectivity index (χ2n) is 4.54. The summed E-state index contributed by atoms with van der Waals surface area (Å²) in [6.07, 6.45) is 3.21. The predicted molar refractivity (Wildman–Crippen MR) is 79.2 cm³/mol. The number of aromatic nitrogens is 2. The highest BCUT2D eigenvalue weighted by Crippen LogP contribution is 2.05. The summed E-state index contributed by atoms with van der Waals surface area (Å²) in [7, 11) is 0. The number of rotatable bonds is 1. The molecule has 106 valence electrons. The molecule has 0 N–H and O–H groups in total. The van der Waals surface area contributed by atoms with Crippen LogP contribution >= 0.6 is 0 Å². The molecule has 0 fully saturated rings. The van der Waals surface area contributed by atoms with E-state index in [1.807, 2.05) is 0 Å². The molecule has 3 rings (SSSR count). The summed E-state index contributed by atoms with van der Waals surface area (Å²) in [5.74, 6) is 5.38. The molecule has 0 unspecified atom stereocenters. The van der Waals surface area contributed by atoms with E-state index in [1.54, 1.807) is 24.3 Å². The van der Waals surface area contributed by atoms with Crippen LogP contribution in [0, 0.1) is 17.7 Å². The third-order valence-corrected chi connectivity index (χ3v) is 3.04. The number of halogens is 1. The van der Waals surface area contributed by atoms with Crippen molar-refractivity contribution in [3.8, 4) is 11.8 Å². The average Bonchev–Trinajstić information content (AvgIpc) is 2.53. The Morgan fingerprint density at radius 1 is 1.14 bits per heavy atom. The lowest BCUT2D eigenvalue weighted by Gasteiger charge is -2.00. The largest absolute Gasteiger partial charge is 0.298 e. The number of benzene rings is 1. The molecule has 4 nitrogen and oxygen atoms in total. The van der Waals surface area contributed by atoms with Gasteiger partial charge in [-0.05, 0) is 30.3 Å². The Morgan fingerprint density at radius 3 is 2.64 bits per heavy atom. The van der Waals surface area contributed by atoms with E-state index in [1.165, 1.54) is 28.9 Å². The van der Waals surface area contributed by atoms with Gasteiger partial charge in [0.2, 0.25) is 0 Å². The highest BCUT2D eigenvalue weighted by atomic mass is 19.1. The lowest BCUT2D eigenvalue weighted by molar-refractivity contribution is 0.112. The molecule has 1 aromatic carbocycles. The first kappa shape index (κ1) is 13.7. The van der Waals surface area contributed by atoms with E-state index in [4.69, 9.17) is 0 Å². The summed E-state index contributed by atoms with van der Waals surface area (Å²) in [4.78, 5) is 26.7. The Hall–Kier alpha value is -3.26. The van der Waals surface area contributed by atoms with Crippen molar-refractivity contribution in [2.24, 2.45) is 0 Å². The summed E-state index contributed by atoms with van der Waals surface area (Å²) < 4.78 is 14.3. The predicted octanol–water partition coefficient (Wildman–Crippen LogP) is 2.05. The number of hydrogen-bond acceptors (Lipinski definition) is 3. The van der Waals surface area contributed by atoms with E-state index in [0.29, 0.717) is 23.1 Å². The quantitative estimate of drug-likeness (QED) is 0.509. The van der Waals surface area contributed by atoms with Crippen molar-refractivity contribution in [1.82, 2.24) is 9.38 Å². The van der Waals surface area contributed by atoms with Crippen LogP contribution in [0.2, 0.25) is 0 Å². The van der Waals surface area contributed by atoms with E-state index < -0.39 is 5.56 Å². The molecule has 0 aliphatic rings. The Morgan fingerprint density at radius 2 is 1.91 bits per heavy atom. The van der Waals surface area contributed by atoms with Gasteiger partial charge in [-0.15, -0.1) is 0 Å². The van der Waals surface area contributed by atoms with E-state index in [2.05, 4.69) is 16.8 Å². The minimum atomic E-state index is -0.426. The van der Waals surface area contributed by atoms with E-state index in [-0.39, 0.29) is 11.4 Å². The first-order chi connectivity index (χ1) is 10.7. The second kappa shape index (κ2) is 5.62. The standard InChI is InChI=1S/C17H9FN2O2/c18-15-3-1-2-12(8-15)4-5-13-6-7-20-16(9-13)19-10-14(11-21)17(20)22/h1-3,6-11H. The lowest BCUT2D eigenvalue weighted by atomic mass is 10.2. The Balaban J connectivity index is 2.04. The number of fused-ring (bicyclic) bond motifs is 1. The Bertz CT molecular complexity index is 997. The summed E-state index contributed by atoms with van der Waals surface area (Å²) in [6.45, 7) is 0. The van der Waals surface area contributed by atoms with Crippen molar-refractivity contribution in [3.63, 3.8) is 0 Å². The molecule has 0 spiro atoms. The average molecular weight is 292 g/mol. The number of carbonyl (C=O) groups excluding carboxylic acids is 1. The smallest absolute Gasteiger partial charge is 0.268 e. The van der Waals surface area contributed by atoms with Crippen molar-refractivity contribution in [2.75, 3.05) is 0 Å². The zero-order chi connectivity index (χ0) is 15.5. The normalized spacial score (nSPS) is 10.0. The monoisotopic (exact) mass is 292 g/mol. The molecule has 5 heteroatoms. The van der Waals surface area contributed by atoms with Crippen molar-refractivity contribution in [3.05, 3.63) is 81.7 Å². The van der Waals surface area contributed by atoms with Crippen LogP contribution in [-0.4, -0.2) is 15.7 Å². The minimum Gasteiger partial charge on any atom is -0.298 e. The van der Waals surface area contributed by atoms with E-state index in [0.717, 1.165) is 0 Å². The molecule has 0 aliphatic carbocycles. The fourth-order valence-electron chi connectivity index (χ4n) is 1.96. The fraction of sp³-hybridized carbons (Fsp3) is 0. The van der Waals surface area contributed by atoms with Gasteiger partial charge in [0.1, 0.15) is 11.5 Å². The summed E-state index contributed by atoms with van der Waals surface area (Å²) in [6, 6.07) is 9.24. The van der Waals surface area contributed by atoms with Gasteiger partial charge < -0.3 is 0 Å². The maximum atomic E-state index is 13.1. The van der Waals surface area contributed by atoms with Crippen LogP contribution < -0.4 is 5.56 Å². The second-order valence-corrected chi connectivity index (χ2v) is 4.54. The van der Waals surface area contributed by atoms with Crippen molar-refractivity contribution >= 4 is 11.9 Å². The van der Waals surface area contributed by atoms with Gasteiger partial charge in [-0.25, -0.2) is 9.37 Å². The Kier molecular flexibility index (Phi) is 3.50. The topological polar surface area (TPSA) is 51.4 Å². The zero-order valence-electron chi connectivity index (χ0n) is 11.3. The number of nitrogens with zero attached hydrogens (tertiary/aromatic N) is 2. The summed E-state index contributed by atoms with van der Waals surface area (Å²) >= 11 is 0. The lowest BCUT2D eigenvalue weighted by Crippen LogP contribution is -2.18. The van der Waals surface area contributed by atoms with Gasteiger partial charge in [0.15, 0.2) is 6.29 Å². The SMILES string of the molecule is O=Cc1cnc2cc(C#Cc3cccc(F)c3)ccn2c1=O. The van der Waals surface area contributed by atoms with Gasteiger partial charge in [-0.3, -0.25) is 14.0 Å². The van der Waals surface area contributed by atoms with Crippen molar-refractivity contribution in [1.29, 1.82) is 0 Å². The van der Waals surface area contributed by atoms with Crippen LogP contribution in [0.5, 0.6) is 0 Å². The molecule has 2 aromatic heterocycles. The summed E-state index contributed by atoms with van der Waals surface area (Å²) in [5.41, 5.74) is 1.15. The van der Waals surface area contributed by atoms with Gasteiger partial charge in [-0.1, -0.05) is 17.9 Å². The number of aldehydes is 1. The van der Waals surface area contributed by atoms with Crippen LogP contribution in [0.25, 0.3) is 5.65 Å². The number of hydrogen-bond donors (Lipinski definition) is 0. The van der Waals surface area contributed by atoms with Gasteiger partial charge in [0, 0.05) is 23.5 Å². The van der Waals surface area contributed by atoms with Gasteiger partial charge in [0.05, 0.1) is 5.56 Å². The first-order valence-electron chi connectivity index (χ1n) is 6.41. The van der Waals surface area contributed by atoms with Gasteiger partial charge in [-0.2, -0.15) is 0 Å². The zero-order valence-corrected chi connectivity index (χ0v) is 11.3. The van der Waals surface area contributed by atoms with E-state index >= 15 is 0 Å².